The molecule has 0 amide bonds. The molecule has 0 bridgehead atoms. The van der Waals surface area contributed by atoms with Crippen LogP contribution in [0.25, 0.3) is 10.9 Å². The van der Waals surface area contributed by atoms with Crippen LogP contribution in [0.2, 0.25) is 0 Å². The number of para-hydroxylation sites is 1. The Labute approximate surface area is 116 Å². The molecule has 0 saturated carbocycles. The maximum absolute atomic E-state index is 10.8. The molecule has 0 N–H and O–H groups in total. The molecular weight excluding hydrogens is 260 g/mol. The lowest BCUT2D eigenvalue weighted by molar-refractivity contribution is -0.492. The summed E-state index contributed by atoms with van der Waals surface area (Å²) in [6.07, 6.45) is 2.66. The van der Waals surface area contributed by atoms with Crippen LogP contribution in [0, 0.1) is 10.1 Å². The van der Waals surface area contributed by atoms with Crippen molar-refractivity contribution in [2.75, 3.05) is 20.3 Å². The molecule has 0 radical (unpaired) electrons. The van der Waals surface area contributed by atoms with Gasteiger partial charge in [-0.2, -0.15) is 4.73 Å². The summed E-state index contributed by atoms with van der Waals surface area (Å²) >= 11 is 0. The fraction of sp³-hybridized carbons (Fsp3) is 0.286. The van der Waals surface area contributed by atoms with E-state index in [1.54, 1.807) is 24.1 Å². The van der Waals surface area contributed by atoms with Gasteiger partial charge in [0.2, 0.25) is 6.54 Å². The summed E-state index contributed by atoms with van der Waals surface area (Å²) in [7, 11) is 1.54. The first-order valence-electron chi connectivity index (χ1n) is 6.16. The summed E-state index contributed by atoms with van der Waals surface area (Å²) in [5.74, 6) is 0. The van der Waals surface area contributed by atoms with Crippen LogP contribution in [0.1, 0.15) is 11.7 Å². The van der Waals surface area contributed by atoms with Crippen LogP contribution in [0.15, 0.2) is 43.1 Å². The van der Waals surface area contributed by atoms with E-state index < -0.39 is 6.10 Å². The molecule has 1 unspecified atom stereocenters. The van der Waals surface area contributed by atoms with Gasteiger partial charge in [-0.05, 0) is 6.07 Å². The second-order valence-corrected chi connectivity index (χ2v) is 4.24. The van der Waals surface area contributed by atoms with Crippen LogP contribution in [-0.2, 0) is 4.74 Å². The highest BCUT2D eigenvalue weighted by Gasteiger charge is 2.23. The van der Waals surface area contributed by atoms with E-state index >= 15 is 0 Å². The van der Waals surface area contributed by atoms with Crippen molar-refractivity contribution >= 4 is 10.9 Å². The van der Waals surface area contributed by atoms with Crippen molar-refractivity contribution in [3.63, 3.8) is 0 Å². The molecule has 2 rings (SSSR count). The summed E-state index contributed by atoms with van der Waals surface area (Å²) in [4.78, 5) is 15.7. The molecule has 1 heterocycles. The first-order chi connectivity index (χ1) is 9.67. The van der Waals surface area contributed by atoms with Crippen LogP contribution in [0.4, 0.5) is 0 Å². The van der Waals surface area contributed by atoms with Gasteiger partial charge in [0.25, 0.3) is 0 Å². The molecule has 1 atom stereocenters. The molecule has 0 aliphatic carbocycles. The van der Waals surface area contributed by atoms with Crippen molar-refractivity contribution in [2.45, 2.75) is 6.10 Å². The Kier molecular flexibility index (Phi) is 4.37. The van der Waals surface area contributed by atoms with E-state index in [2.05, 4.69) is 6.58 Å². The number of hydrogen-bond acceptors (Lipinski definition) is 4. The molecule has 1 aromatic heterocycles. The maximum Gasteiger partial charge on any atom is 0.233 e. The highest BCUT2D eigenvalue weighted by atomic mass is 16.6. The van der Waals surface area contributed by atoms with Gasteiger partial charge in [-0.3, -0.25) is 10.1 Å². The van der Waals surface area contributed by atoms with E-state index in [4.69, 9.17) is 9.57 Å². The van der Waals surface area contributed by atoms with Crippen molar-refractivity contribution in [3.05, 3.63) is 58.8 Å². The number of nitrogens with zero attached hydrogens (tertiary/aromatic N) is 2. The smallest absolute Gasteiger partial charge is 0.233 e. The van der Waals surface area contributed by atoms with Crippen molar-refractivity contribution in [1.82, 2.24) is 4.73 Å². The Morgan fingerprint density at radius 2 is 2.25 bits per heavy atom. The fourth-order valence-corrected chi connectivity index (χ4v) is 2.14. The highest BCUT2D eigenvalue weighted by Crippen LogP contribution is 2.28. The Bertz CT molecular complexity index is 621. The minimum Gasteiger partial charge on any atom is -0.417 e. The standard InChI is InChI=1S/C14H16N2O4/c1-3-8-20-14(10-16(17)18)12-9-15(19-2)13-7-5-4-6-11(12)13/h3-7,9,14H,1,8,10H2,2H3. The molecule has 6 nitrogen and oxygen atoms in total. The predicted molar refractivity (Wildman–Crippen MR) is 75.2 cm³/mol. The summed E-state index contributed by atoms with van der Waals surface area (Å²) in [5, 5.41) is 11.7. The van der Waals surface area contributed by atoms with Crippen molar-refractivity contribution < 1.29 is 14.5 Å². The molecule has 1 aromatic carbocycles. The van der Waals surface area contributed by atoms with E-state index in [1.165, 1.54) is 0 Å². The molecule has 2 aromatic rings. The number of fused-ring (bicyclic) bond motifs is 1. The van der Waals surface area contributed by atoms with E-state index in [1.807, 2.05) is 24.3 Å². The molecule has 20 heavy (non-hydrogen) atoms. The van der Waals surface area contributed by atoms with Crippen LogP contribution in [-0.4, -0.2) is 29.9 Å². The van der Waals surface area contributed by atoms with Crippen molar-refractivity contribution in [1.29, 1.82) is 0 Å². The first-order valence-corrected chi connectivity index (χ1v) is 6.16. The Balaban J connectivity index is 2.46. The lowest BCUT2D eigenvalue weighted by atomic mass is 10.1. The molecule has 6 heteroatoms. The van der Waals surface area contributed by atoms with Gasteiger partial charge in [0.1, 0.15) is 13.2 Å². The van der Waals surface area contributed by atoms with Crippen LogP contribution >= 0.6 is 0 Å². The van der Waals surface area contributed by atoms with Crippen LogP contribution < -0.4 is 4.84 Å². The largest absolute Gasteiger partial charge is 0.417 e. The zero-order valence-corrected chi connectivity index (χ0v) is 11.2. The molecule has 106 valence electrons. The van der Waals surface area contributed by atoms with Gasteiger partial charge in [-0.15, -0.1) is 6.58 Å². The number of ether oxygens (including phenoxy) is 1. The lowest BCUT2D eigenvalue weighted by Crippen LogP contribution is -2.16. The topological polar surface area (TPSA) is 66.5 Å². The molecular formula is C14H16N2O4. The second-order valence-electron chi connectivity index (χ2n) is 4.24. The molecule has 0 spiro atoms. The maximum atomic E-state index is 10.8. The number of benzene rings is 1. The van der Waals surface area contributed by atoms with E-state index in [0.29, 0.717) is 0 Å². The van der Waals surface area contributed by atoms with Gasteiger partial charge in [0.05, 0.1) is 18.3 Å². The van der Waals surface area contributed by atoms with Gasteiger partial charge >= 0.3 is 0 Å². The van der Waals surface area contributed by atoms with Gasteiger partial charge in [0.15, 0.2) is 0 Å². The van der Waals surface area contributed by atoms with Crippen molar-refractivity contribution in [3.8, 4) is 0 Å². The second kappa shape index (κ2) is 6.21. The van der Waals surface area contributed by atoms with Gasteiger partial charge in [-0.25, -0.2) is 0 Å². The predicted octanol–water partition coefficient (Wildman–Crippen LogP) is 2.22. The lowest BCUT2D eigenvalue weighted by Gasteiger charge is -2.12. The first kappa shape index (κ1) is 14.1. The number of rotatable bonds is 7. The van der Waals surface area contributed by atoms with Gasteiger partial charge in [-0.1, -0.05) is 24.3 Å². The highest BCUT2D eigenvalue weighted by molar-refractivity contribution is 5.84. The van der Waals surface area contributed by atoms with E-state index in [-0.39, 0.29) is 18.1 Å². The van der Waals surface area contributed by atoms with Gasteiger partial charge in [0, 0.05) is 15.9 Å². The summed E-state index contributed by atoms with van der Waals surface area (Å²) in [5.41, 5.74) is 1.58. The molecule has 0 aliphatic rings. The number of hydrogen-bond donors (Lipinski definition) is 0. The van der Waals surface area contributed by atoms with Crippen molar-refractivity contribution in [2.24, 2.45) is 0 Å². The number of nitro groups is 1. The fourth-order valence-electron chi connectivity index (χ4n) is 2.14. The third-order valence-electron chi connectivity index (χ3n) is 2.98. The molecule has 0 saturated heterocycles. The summed E-state index contributed by atoms with van der Waals surface area (Å²) in [6, 6.07) is 7.54. The van der Waals surface area contributed by atoms with Gasteiger partial charge < -0.3 is 9.57 Å². The Morgan fingerprint density at radius 1 is 1.50 bits per heavy atom. The number of aromatic nitrogens is 1. The molecule has 0 aliphatic heterocycles. The minimum atomic E-state index is -0.635. The Morgan fingerprint density at radius 3 is 2.90 bits per heavy atom. The zero-order chi connectivity index (χ0) is 14.5. The van der Waals surface area contributed by atoms with Crippen LogP contribution in [0.3, 0.4) is 0 Å². The zero-order valence-electron chi connectivity index (χ0n) is 11.2. The van der Waals surface area contributed by atoms with E-state index in [9.17, 15) is 10.1 Å². The average Bonchev–Trinajstić information content (AvgIpc) is 2.82. The quantitative estimate of drug-likeness (QED) is 0.442. The molecule has 0 fully saturated rings. The summed E-state index contributed by atoms with van der Waals surface area (Å²) < 4.78 is 7.10. The SMILES string of the molecule is C=CCOC(C[N+](=O)[O-])c1cn(OC)c2ccccc12. The average molecular weight is 276 g/mol. The summed E-state index contributed by atoms with van der Waals surface area (Å²) in [6.45, 7) is 3.52. The minimum absolute atomic E-state index is 0.255. The normalized spacial score (nSPS) is 12.2. The monoisotopic (exact) mass is 276 g/mol. The third-order valence-corrected chi connectivity index (χ3v) is 2.98. The van der Waals surface area contributed by atoms with Crippen LogP contribution in [0.5, 0.6) is 0 Å². The van der Waals surface area contributed by atoms with E-state index in [0.717, 1.165) is 16.5 Å². The third kappa shape index (κ3) is 2.80. The Hall–Kier alpha value is -2.34.